The van der Waals surface area contributed by atoms with Crippen LogP contribution in [0.15, 0.2) is 24.3 Å². The molecule has 0 heterocycles. The van der Waals surface area contributed by atoms with E-state index in [1.165, 1.54) is 6.07 Å². The molecule has 1 atom stereocenters. The lowest BCUT2D eigenvalue weighted by atomic mass is 10.1. The SMILES string of the molecule is NC(=O)CCC(NC(=O)Cc1ccccc1O)C(=O)O. The molecule has 0 saturated carbocycles. The Morgan fingerprint density at radius 3 is 2.45 bits per heavy atom. The van der Waals surface area contributed by atoms with Gasteiger partial charge in [-0.05, 0) is 12.5 Å². The standard InChI is InChI=1S/C13H16N2O5/c14-11(17)6-5-9(13(19)20)15-12(18)7-8-3-1-2-4-10(8)16/h1-4,9,16H,5-7H2,(H2,14,17)(H,15,18)(H,19,20). The van der Waals surface area contributed by atoms with E-state index < -0.39 is 23.8 Å². The summed E-state index contributed by atoms with van der Waals surface area (Å²) in [6.07, 6.45) is -0.349. The smallest absolute Gasteiger partial charge is 0.326 e. The monoisotopic (exact) mass is 280 g/mol. The van der Waals surface area contributed by atoms with E-state index in [0.29, 0.717) is 5.56 Å². The van der Waals surface area contributed by atoms with Crippen molar-refractivity contribution in [1.82, 2.24) is 5.32 Å². The summed E-state index contributed by atoms with van der Waals surface area (Å²) in [6, 6.07) is 5.09. The molecule has 0 fully saturated rings. The van der Waals surface area contributed by atoms with Gasteiger partial charge in [-0.1, -0.05) is 18.2 Å². The molecule has 5 N–H and O–H groups in total. The fourth-order valence-corrected chi connectivity index (χ4v) is 1.62. The van der Waals surface area contributed by atoms with Crippen molar-refractivity contribution in [3.05, 3.63) is 29.8 Å². The van der Waals surface area contributed by atoms with E-state index in [1.54, 1.807) is 18.2 Å². The molecule has 1 unspecified atom stereocenters. The minimum atomic E-state index is -1.24. The zero-order valence-electron chi connectivity index (χ0n) is 10.7. The average Bonchev–Trinajstić information content (AvgIpc) is 2.36. The zero-order valence-corrected chi connectivity index (χ0v) is 10.7. The molecule has 0 aliphatic heterocycles. The Labute approximate surface area is 115 Å². The fourth-order valence-electron chi connectivity index (χ4n) is 1.62. The van der Waals surface area contributed by atoms with Crippen molar-refractivity contribution in [3.63, 3.8) is 0 Å². The van der Waals surface area contributed by atoms with E-state index in [-0.39, 0.29) is 25.0 Å². The number of benzene rings is 1. The predicted molar refractivity (Wildman–Crippen MR) is 69.8 cm³/mol. The van der Waals surface area contributed by atoms with Crippen LogP contribution < -0.4 is 11.1 Å². The van der Waals surface area contributed by atoms with Gasteiger partial charge in [0.05, 0.1) is 6.42 Å². The number of nitrogens with two attached hydrogens (primary N) is 1. The van der Waals surface area contributed by atoms with Crippen molar-refractivity contribution in [2.45, 2.75) is 25.3 Å². The Hall–Kier alpha value is -2.57. The summed E-state index contributed by atoms with van der Waals surface area (Å²) in [5, 5.41) is 20.8. The van der Waals surface area contributed by atoms with Crippen molar-refractivity contribution in [1.29, 1.82) is 0 Å². The quantitative estimate of drug-likeness (QED) is 0.548. The van der Waals surface area contributed by atoms with Crippen LogP contribution in [0.1, 0.15) is 18.4 Å². The first kappa shape index (κ1) is 15.5. The maximum absolute atomic E-state index is 11.7. The molecule has 7 nitrogen and oxygen atoms in total. The Bertz CT molecular complexity index is 515. The number of carbonyl (C=O) groups is 3. The summed E-state index contributed by atoms with van der Waals surface area (Å²) in [6.45, 7) is 0. The number of hydrogen-bond acceptors (Lipinski definition) is 4. The number of primary amides is 1. The van der Waals surface area contributed by atoms with Crippen molar-refractivity contribution in [3.8, 4) is 5.75 Å². The summed E-state index contributed by atoms with van der Waals surface area (Å²) in [7, 11) is 0. The minimum absolute atomic E-state index is 0.0355. The second-order valence-corrected chi connectivity index (χ2v) is 4.27. The number of hydrogen-bond donors (Lipinski definition) is 4. The maximum atomic E-state index is 11.7. The van der Waals surface area contributed by atoms with Crippen molar-refractivity contribution < 1.29 is 24.6 Å². The largest absolute Gasteiger partial charge is 0.508 e. The lowest BCUT2D eigenvalue weighted by Crippen LogP contribution is -2.42. The zero-order chi connectivity index (χ0) is 15.1. The number of aromatic hydroxyl groups is 1. The number of para-hydroxylation sites is 1. The Morgan fingerprint density at radius 2 is 1.90 bits per heavy atom. The van der Waals surface area contributed by atoms with Gasteiger partial charge in [0.25, 0.3) is 0 Å². The van der Waals surface area contributed by atoms with Gasteiger partial charge in [-0.2, -0.15) is 0 Å². The Kier molecular flexibility index (Phi) is 5.52. The van der Waals surface area contributed by atoms with Crippen LogP contribution in [0.3, 0.4) is 0 Å². The second kappa shape index (κ2) is 7.13. The molecule has 108 valence electrons. The lowest BCUT2D eigenvalue weighted by molar-refractivity contribution is -0.142. The van der Waals surface area contributed by atoms with E-state index in [9.17, 15) is 19.5 Å². The Balaban J connectivity index is 2.60. The molecular formula is C13H16N2O5. The number of phenolic OH excluding ortho intramolecular Hbond substituents is 1. The highest BCUT2D eigenvalue weighted by Crippen LogP contribution is 2.16. The summed E-state index contributed by atoms with van der Waals surface area (Å²) in [5.74, 6) is -2.46. The lowest BCUT2D eigenvalue weighted by Gasteiger charge is -2.14. The molecular weight excluding hydrogens is 264 g/mol. The van der Waals surface area contributed by atoms with E-state index in [2.05, 4.69) is 5.32 Å². The number of nitrogens with one attached hydrogen (secondary N) is 1. The normalized spacial score (nSPS) is 11.6. The van der Waals surface area contributed by atoms with Gasteiger partial charge in [0.2, 0.25) is 11.8 Å². The Morgan fingerprint density at radius 1 is 1.25 bits per heavy atom. The molecule has 0 aromatic heterocycles. The molecule has 0 aliphatic carbocycles. The van der Waals surface area contributed by atoms with Crippen LogP contribution >= 0.6 is 0 Å². The molecule has 1 aromatic carbocycles. The van der Waals surface area contributed by atoms with Crippen LogP contribution in [0.25, 0.3) is 0 Å². The third-order valence-corrected chi connectivity index (χ3v) is 2.66. The van der Waals surface area contributed by atoms with Crippen LogP contribution in [0.2, 0.25) is 0 Å². The van der Waals surface area contributed by atoms with E-state index in [0.717, 1.165) is 0 Å². The summed E-state index contributed by atoms with van der Waals surface area (Å²) in [5.41, 5.74) is 5.33. The topological polar surface area (TPSA) is 130 Å². The van der Waals surface area contributed by atoms with Gasteiger partial charge in [0, 0.05) is 12.0 Å². The second-order valence-electron chi connectivity index (χ2n) is 4.27. The summed E-state index contributed by atoms with van der Waals surface area (Å²) < 4.78 is 0. The highest BCUT2D eigenvalue weighted by atomic mass is 16.4. The molecule has 0 bridgehead atoms. The molecule has 0 radical (unpaired) electrons. The summed E-state index contributed by atoms with van der Waals surface area (Å²) in [4.78, 5) is 33.3. The number of carboxylic acids is 1. The molecule has 2 amide bonds. The van der Waals surface area contributed by atoms with Crippen LogP contribution in [-0.2, 0) is 20.8 Å². The number of rotatable bonds is 7. The average molecular weight is 280 g/mol. The van der Waals surface area contributed by atoms with Gasteiger partial charge in [-0.25, -0.2) is 4.79 Å². The summed E-state index contributed by atoms with van der Waals surface area (Å²) >= 11 is 0. The number of amides is 2. The number of carbonyl (C=O) groups excluding carboxylic acids is 2. The number of carboxylic acid groups (broad SMARTS) is 1. The van der Waals surface area contributed by atoms with Gasteiger partial charge < -0.3 is 21.3 Å². The van der Waals surface area contributed by atoms with E-state index in [1.807, 2.05) is 0 Å². The molecule has 0 saturated heterocycles. The first-order valence-corrected chi connectivity index (χ1v) is 5.97. The molecule has 7 heteroatoms. The van der Waals surface area contributed by atoms with Gasteiger partial charge >= 0.3 is 5.97 Å². The van der Waals surface area contributed by atoms with Crippen molar-refractivity contribution in [2.75, 3.05) is 0 Å². The molecule has 20 heavy (non-hydrogen) atoms. The first-order chi connectivity index (χ1) is 9.40. The highest BCUT2D eigenvalue weighted by Gasteiger charge is 2.20. The minimum Gasteiger partial charge on any atom is -0.508 e. The molecule has 1 rings (SSSR count). The van der Waals surface area contributed by atoms with Gasteiger partial charge in [-0.15, -0.1) is 0 Å². The van der Waals surface area contributed by atoms with Gasteiger partial charge in [-0.3, -0.25) is 9.59 Å². The van der Waals surface area contributed by atoms with Gasteiger partial charge in [0.1, 0.15) is 11.8 Å². The van der Waals surface area contributed by atoms with Crippen molar-refractivity contribution >= 4 is 17.8 Å². The number of phenols is 1. The predicted octanol–water partition coefficient (Wildman–Crippen LogP) is -0.230. The third-order valence-electron chi connectivity index (χ3n) is 2.66. The van der Waals surface area contributed by atoms with Crippen LogP contribution in [0.5, 0.6) is 5.75 Å². The fraction of sp³-hybridized carbons (Fsp3) is 0.308. The maximum Gasteiger partial charge on any atom is 0.326 e. The first-order valence-electron chi connectivity index (χ1n) is 5.97. The number of aliphatic carboxylic acids is 1. The molecule has 0 aliphatic rings. The van der Waals surface area contributed by atoms with Crippen LogP contribution in [0.4, 0.5) is 0 Å². The molecule has 0 spiro atoms. The highest BCUT2D eigenvalue weighted by molar-refractivity contribution is 5.85. The van der Waals surface area contributed by atoms with Crippen LogP contribution in [0, 0.1) is 0 Å². The van der Waals surface area contributed by atoms with Crippen LogP contribution in [-0.4, -0.2) is 34.0 Å². The van der Waals surface area contributed by atoms with E-state index >= 15 is 0 Å². The van der Waals surface area contributed by atoms with E-state index in [4.69, 9.17) is 10.8 Å². The third kappa shape index (κ3) is 4.97. The molecule has 1 aromatic rings. The van der Waals surface area contributed by atoms with Crippen molar-refractivity contribution in [2.24, 2.45) is 5.73 Å². The van der Waals surface area contributed by atoms with Gasteiger partial charge in [0.15, 0.2) is 0 Å².